The van der Waals surface area contributed by atoms with E-state index < -0.39 is 78.4 Å². The number of phosphoric ester groups is 2. The van der Waals surface area contributed by atoms with Crippen molar-refractivity contribution in [3.05, 3.63) is 12.2 Å². The monoisotopic (exact) mass is 957 g/mol. The summed E-state index contributed by atoms with van der Waals surface area (Å²) in [4.78, 5) is 65.7. The van der Waals surface area contributed by atoms with Crippen molar-refractivity contribution in [2.45, 2.75) is 219 Å². The lowest BCUT2D eigenvalue weighted by Gasteiger charge is -2.20. The average Bonchev–Trinajstić information content (AvgIpc) is 3.50. The van der Waals surface area contributed by atoms with Crippen molar-refractivity contribution in [3.8, 4) is 0 Å². The molecule has 0 bridgehead atoms. The van der Waals surface area contributed by atoms with Crippen molar-refractivity contribution in [1.82, 2.24) is 0 Å². The predicted molar refractivity (Wildman–Crippen MR) is 245 cm³/mol. The van der Waals surface area contributed by atoms with Crippen molar-refractivity contribution in [2.24, 2.45) is 17.8 Å². The van der Waals surface area contributed by atoms with Gasteiger partial charge in [0, 0.05) is 31.1 Å². The van der Waals surface area contributed by atoms with Crippen LogP contribution in [0, 0.1) is 17.8 Å². The Kier molecular flexibility index (Phi) is 34.5. The minimum atomic E-state index is -4.90. The molecule has 0 aromatic heterocycles. The second-order valence-corrected chi connectivity index (χ2v) is 20.7. The van der Waals surface area contributed by atoms with Crippen LogP contribution < -0.4 is 0 Å². The number of aliphatic hydroxyl groups excluding tert-OH is 3. The van der Waals surface area contributed by atoms with Gasteiger partial charge in [0.25, 0.3) is 0 Å². The Morgan fingerprint density at radius 2 is 1.17 bits per heavy atom. The molecule has 0 aromatic rings. The van der Waals surface area contributed by atoms with Gasteiger partial charge in [0.1, 0.15) is 18.5 Å². The average molecular weight is 957 g/mol. The van der Waals surface area contributed by atoms with Crippen molar-refractivity contribution < 1.29 is 76.6 Å². The molecule has 6 N–H and O–H groups in total. The number of esters is 2. The number of Topliss-reactive ketones (excluding diaryl/α,β-unsaturated/α-hetero) is 1. The lowest BCUT2D eigenvalue weighted by molar-refractivity contribution is -0.161. The molecule has 1 fully saturated rings. The van der Waals surface area contributed by atoms with E-state index in [9.17, 15) is 43.7 Å². The number of hydrogen-bond donors (Lipinski definition) is 6. The van der Waals surface area contributed by atoms with E-state index in [0.717, 1.165) is 44.4 Å². The highest BCUT2D eigenvalue weighted by Gasteiger charge is 2.39. The quantitative estimate of drug-likeness (QED) is 0.0144. The number of aliphatic hydroxyl groups is 3. The zero-order valence-corrected chi connectivity index (χ0v) is 41.1. The third-order valence-electron chi connectivity index (χ3n) is 11.5. The van der Waals surface area contributed by atoms with Gasteiger partial charge in [-0.05, 0) is 31.6 Å². The van der Waals surface area contributed by atoms with Crippen molar-refractivity contribution in [1.29, 1.82) is 0 Å². The van der Waals surface area contributed by atoms with Crippen LogP contribution in [-0.4, -0.2) is 98.6 Å². The molecule has 1 rings (SSSR count). The molecule has 0 aliphatic heterocycles. The van der Waals surface area contributed by atoms with Crippen LogP contribution in [0.2, 0.25) is 0 Å². The summed E-state index contributed by atoms with van der Waals surface area (Å²) in [7, 11) is -9.77. The molecule has 64 heavy (non-hydrogen) atoms. The minimum Gasteiger partial charge on any atom is -0.462 e. The molecule has 7 atom stereocenters. The number of unbranched alkanes of at least 4 members (excludes halogenated alkanes) is 18. The highest BCUT2D eigenvalue weighted by Crippen LogP contribution is 2.44. The second-order valence-electron chi connectivity index (χ2n) is 18.0. The molecule has 0 radical (unpaired) electrons. The topological polar surface area (TPSA) is 253 Å². The van der Waals surface area contributed by atoms with Gasteiger partial charge in [0.2, 0.25) is 0 Å². The van der Waals surface area contributed by atoms with Gasteiger partial charge in [-0.2, -0.15) is 0 Å². The predicted octanol–water partition coefficient (Wildman–Crippen LogP) is 9.35. The van der Waals surface area contributed by atoms with Crippen molar-refractivity contribution >= 4 is 33.4 Å². The van der Waals surface area contributed by atoms with Gasteiger partial charge < -0.3 is 39.5 Å². The number of carbonyl (C=O) groups excluding carboxylic acids is 3. The summed E-state index contributed by atoms with van der Waals surface area (Å²) in [5.74, 6) is -1.06. The number of phosphoric acid groups is 2. The molecular weight excluding hydrogens is 870 g/mol. The van der Waals surface area contributed by atoms with Crippen molar-refractivity contribution in [3.63, 3.8) is 0 Å². The summed E-state index contributed by atoms with van der Waals surface area (Å²) >= 11 is 0. The molecule has 16 nitrogen and oxygen atoms in total. The molecular formula is C46H86O16P2. The van der Waals surface area contributed by atoms with E-state index in [1.54, 1.807) is 12.2 Å². The number of ketones is 1. The first-order chi connectivity index (χ1) is 30.4. The Morgan fingerprint density at radius 1 is 0.672 bits per heavy atom. The van der Waals surface area contributed by atoms with E-state index in [-0.39, 0.29) is 36.9 Å². The molecule has 376 valence electrons. The maximum atomic E-state index is 12.8. The Balaban J connectivity index is 2.49. The number of hydrogen-bond acceptors (Lipinski definition) is 13. The van der Waals surface area contributed by atoms with E-state index in [4.69, 9.17) is 23.8 Å². The summed E-state index contributed by atoms with van der Waals surface area (Å²) in [6, 6.07) is 0. The summed E-state index contributed by atoms with van der Waals surface area (Å²) in [6.07, 6.45) is 23.9. The number of ether oxygens (including phenoxy) is 2. The summed E-state index contributed by atoms with van der Waals surface area (Å²) in [5, 5.41) is 30.5. The van der Waals surface area contributed by atoms with E-state index in [1.165, 1.54) is 70.6 Å². The van der Waals surface area contributed by atoms with Crippen LogP contribution in [0.5, 0.6) is 0 Å². The van der Waals surface area contributed by atoms with E-state index in [1.807, 2.05) is 0 Å². The van der Waals surface area contributed by atoms with Crippen LogP contribution in [-0.2, 0) is 46.6 Å². The third kappa shape index (κ3) is 33.8. The molecule has 1 aliphatic carbocycles. The maximum absolute atomic E-state index is 12.8. The summed E-state index contributed by atoms with van der Waals surface area (Å²) in [5.41, 5.74) is 0. The molecule has 1 aliphatic rings. The smallest absolute Gasteiger partial charge is 0.462 e. The van der Waals surface area contributed by atoms with Gasteiger partial charge in [0.15, 0.2) is 6.10 Å². The maximum Gasteiger partial charge on any atom is 0.472 e. The fraction of sp³-hybridized carbons (Fsp3) is 0.891. The second kappa shape index (κ2) is 36.5. The fourth-order valence-corrected chi connectivity index (χ4v) is 8.88. The normalized spacial score (nSPS) is 19.3. The van der Waals surface area contributed by atoms with Crippen LogP contribution >= 0.6 is 15.6 Å². The van der Waals surface area contributed by atoms with E-state index in [0.29, 0.717) is 44.9 Å². The molecule has 18 heteroatoms. The van der Waals surface area contributed by atoms with Gasteiger partial charge >= 0.3 is 27.6 Å². The number of rotatable bonds is 42. The summed E-state index contributed by atoms with van der Waals surface area (Å²) in [6.45, 7) is 3.74. The molecule has 0 saturated heterocycles. The fourth-order valence-electron chi connectivity index (χ4n) is 7.72. The highest BCUT2D eigenvalue weighted by atomic mass is 31.2. The van der Waals surface area contributed by atoms with E-state index in [2.05, 4.69) is 29.8 Å². The largest absolute Gasteiger partial charge is 0.472 e. The van der Waals surface area contributed by atoms with Crippen LogP contribution in [0.1, 0.15) is 194 Å². The zero-order valence-electron chi connectivity index (χ0n) is 39.3. The molecule has 1 saturated carbocycles. The minimum absolute atomic E-state index is 0.00272. The lowest BCUT2D eigenvalue weighted by Crippen LogP contribution is -2.30. The molecule has 0 spiro atoms. The first kappa shape index (κ1) is 60.5. The SMILES string of the molecule is CCCCC[C@H](O)/C=C/[C@H]1[C@H](O)CC(=O)[C@@H]1CCCCCCC(=O)O[C@H](COC(=O)CCCCCCCCCCCCCCCCC(C)C)COP(=O)(O)OC[C@@H](O)COP(=O)(O)O. The van der Waals surface area contributed by atoms with Gasteiger partial charge in [-0.25, -0.2) is 9.13 Å². The van der Waals surface area contributed by atoms with Crippen LogP contribution in [0.4, 0.5) is 0 Å². The van der Waals surface area contributed by atoms with Gasteiger partial charge in [-0.3, -0.25) is 28.0 Å². The van der Waals surface area contributed by atoms with Gasteiger partial charge in [-0.1, -0.05) is 161 Å². The van der Waals surface area contributed by atoms with Crippen LogP contribution in [0.3, 0.4) is 0 Å². The van der Waals surface area contributed by atoms with Gasteiger partial charge in [-0.15, -0.1) is 0 Å². The lowest BCUT2D eigenvalue weighted by atomic mass is 9.88. The number of carbonyl (C=O) groups is 3. The Bertz CT molecular complexity index is 1360. The first-order valence-electron chi connectivity index (χ1n) is 24.3. The Hall–Kier alpha value is -1.55. The molecule has 1 unspecified atom stereocenters. The third-order valence-corrected chi connectivity index (χ3v) is 12.9. The van der Waals surface area contributed by atoms with Crippen molar-refractivity contribution in [2.75, 3.05) is 26.4 Å². The van der Waals surface area contributed by atoms with Crippen LogP contribution in [0.15, 0.2) is 12.2 Å². The van der Waals surface area contributed by atoms with Gasteiger partial charge in [0.05, 0.1) is 32.0 Å². The summed E-state index contributed by atoms with van der Waals surface area (Å²) < 4.78 is 47.9. The molecule has 0 heterocycles. The standard InChI is InChI=1S/C46H86O16P2/c1-4-5-20-26-38(47)30-31-42-41(43(49)32-44(42)50)27-22-18-19-24-29-46(52)62-40(36-61-64(56,57)60-34-39(48)33-59-63(53,54)55)35-58-45(51)28-23-17-15-13-11-9-7-6-8-10-12-14-16-21-25-37(2)3/h30-31,37-42,44,47-48,50H,4-29,32-36H2,1-3H3,(H,56,57)(H2,53,54,55)/b31-30+/t38-,39-,40+,41+,42+,44+/m0/s1. The van der Waals surface area contributed by atoms with Crippen LogP contribution in [0.25, 0.3) is 0 Å². The Labute approximate surface area is 383 Å². The Morgan fingerprint density at radius 3 is 1.73 bits per heavy atom. The zero-order chi connectivity index (χ0) is 47.6. The molecule has 0 aromatic carbocycles. The van der Waals surface area contributed by atoms with E-state index >= 15 is 0 Å². The molecule has 0 amide bonds. The first-order valence-corrected chi connectivity index (χ1v) is 27.4. The highest BCUT2D eigenvalue weighted by molar-refractivity contribution is 7.47.